The fraction of sp³-hybridized carbons (Fsp3) is 0.409. The summed E-state index contributed by atoms with van der Waals surface area (Å²) in [6.45, 7) is 7.65. The topological polar surface area (TPSA) is 44.8 Å². The van der Waals surface area contributed by atoms with Crippen LogP contribution in [-0.4, -0.2) is 48.4 Å². The molecule has 3 rings (SSSR count). The smallest absolute Gasteiger partial charge is 0.237 e. The van der Waals surface area contributed by atoms with Gasteiger partial charge in [-0.05, 0) is 50.7 Å². The van der Waals surface area contributed by atoms with Crippen LogP contribution in [0.4, 0.5) is 0 Å². The minimum atomic E-state index is 0.196. The van der Waals surface area contributed by atoms with Gasteiger partial charge in [0.05, 0.1) is 16.6 Å². The third-order valence-electron chi connectivity index (χ3n) is 4.98. The molecule has 1 saturated heterocycles. The highest BCUT2D eigenvalue weighted by Gasteiger charge is 2.25. The molecule has 1 heterocycles. The lowest BCUT2D eigenvalue weighted by atomic mass is 10.1. The van der Waals surface area contributed by atoms with E-state index in [0.29, 0.717) is 28.9 Å². The zero-order valence-electron chi connectivity index (χ0n) is 17.0. The molecule has 2 aromatic rings. The van der Waals surface area contributed by atoms with Crippen LogP contribution in [-0.2, 0) is 17.9 Å². The number of benzene rings is 2. The standard InChI is InChI=1S/C22H27Cl2N3O2/c1-15(2)27-9-8-26(14-22(27)28)13-16-4-7-21(17(10-16)12-25-3)29-18-5-6-19(23)20(24)11-18/h4-7,10-11,15,25H,8-9,12-14H2,1-3H3. The number of nitrogens with zero attached hydrogens (tertiary/aromatic N) is 2. The maximum atomic E-state index is 12.3. The Morgan fingerprint density at radius 3 is 2.55 bits per heavy atom. The number of nitrogens with one attached hydrogen (secondary N) is 1. The molecule has 2 aromatic carbocycles. The van der Waals surface area contributed by atoms with Crippen molar-refractivity contribution in [2.24, 2.45) is 0 Å². The summed E-state index contributed by atoms with van der Waals surface area (Å²) in [5.74, 6) is 1.60. The maximum absolute atomic E-state index is 12.3. The molecule has 29 heavy (non-hydrogen) atoms. The molecule has 1 aliphatic rings. The number of piperazine rings is 1. The second kappa shape index (κ2) is 9.81. The van der Waals surface area contributed by atoms with E-state index in [1.54, 1.807) is 18.2 Å². The summed E-state index contributed by atoms with van der Waals surface area (Å²) in [6.07, 6.45) is 0. The van der Waals surface area contributed by atoms with Crippen molar-refractivity contribution >= 4 is 29.1 Å². The minimum Gasteiger partial charge on any atom is -0.457 e. The van der Waals surface area contributed by atoms with Crippen LogP contribution in [0.25, 0.3) is 0 Å². The molecule has 0 aliphatic carbocycles. The Balaban J connectivity index is 1.72. The SMILES string of the molecule is CNCc1cc(CN2CCN(C(C)C)C(=O)C2)ccc1Oc1ccc(Cl)c(Cl)c1. The van der Waals surface area contributed by atoms with Crippen LogP contribution in [0.1, 0.15) is 25.0 Å². The van der Waals surface area contributed by atoms with Gasteiger partial charge in [0.2, 0.25) is 5.91 Å². The van der Waals surface area contributed by atoms with Crippen molar-refractivity contribution in [3.05, 3.63) is 57.6 Å². The van der Waals surface area contributed by atoms with E-state index >= 15 is 0 Å². The van der Waals surface area contributed by atoms with Gasteiger partial charge in [0, 0.05) is 43.9 Å². The number of ether oxygens (including phenoxy) is 1. The van der Waals surface area contributed by atoms with Crippen molar-refractivity contribution in [1.29, 1.82) is 0 Å². The van der Waals surface area contributed by atoms with Gasteiger partial charge in [-0.2, -0.15) is 0 Å². The van der Waals surface area contributed by atoms with Crippen molar-refractivity contribution in [3.63, 3.8) is 0 Å². The van der Waals surface area contributed by atoms with E-state index in [1.165, 1.54) is 0 Å². The van der Waals surface area contributed by atoms with Gasteiger partial charge in [0.25, 0.3) is 0 Å². The van der Waals surface area contributed by atoms with E-state index in [2.05, 4.69) is 30.1 Å². The molecule has 1 N–H and O–H groups in total. The highest BCUT2D eigenvalue weighted by Crippen LogP contribution is 2.31. The van der Waals surface area contributed by atoms with Gasteiger partial charge >= 0.3 is 0 Å². The molecule has 0 atom stereocenters. The molecule has 0 unspecified atom stereocenters. The predicted octanol–water partition coefficient (Wildman–Crippen LogP) is 4.56. The third-order valence-corrected chi connectivity index (χ3v) is 5.72. The van der Waals surface area contributed by atoms with Crippen LogP contribution >= 0.6 is 23.2 Å². The first-order valence-corrected chi connectivity index (χ1v) is 10.5. The summed E-state index contributed by atoms with van der Waals surface area (Å²) in [7, 11) is 1.90. The minimum absolute atomic E-state index is 0.196. The van der Waals surface area contributed by atoms with Crippen molar-refractivity contribution in [2.45, 2.75) is 33.0 Å². The predicted molar refractivity (Wildman–Crippen MR) is 118 cm³/mol. The summed E-state index contributed by atoms with van der Waals surface area (Å²) in [5, 5.41) is 4.14. The van der Waals surface area contributed by atoms with Crippen LogP contribution < -0.4 is 10.1 Å². The summed E-state index contributed by atoms with van der Waals surface area (Å²) in [6, 6.07) is 11.6. The number of hydrogen-bond donors (Lipinski definition) is 1. The Kier molecular flexibility index (Phi) is 7.41. The zero-order chi connectivity index (χ0) is 21.0. The lowest BCUT2D eigenvalue weighted by Gasteiger charge is -2.36. The number of rotatable bonds is 7. The third kappa shape index (κ3) is 5.64. The van der Waals surface area contributed by atoms with Gasteiger partial charge in [-0.1, -0.05) is 29.3 Å². The normalized spacial score (nSPS) is 15.2. The Morgan fingerprint density at radius 2 is 1.90 bits per heavy atom. The Morgan fingerprint density at radius 1 is 1.10 bits per heavy atom. The maximum Gasteiger partial charge on any atom is 0.237 e. The van der Waals surface area contributed by atoms with Gasteiger partial charge in [0.1, 0.15) is 11.5 Å². The number of carbonyl (C=O) groups is 1. The molecule has 0 saturated carbocycles. The van der Waals surface area contributed by atoms with E-state index in [1.807, 2.05) is 24.1 Å². The van der Waals surface area contributed by atoms with Crippen LogP contribution in [0, 0.1) is 0 Å². The average Bonchev–Trinajstić information content (AvgIpc) is 2.67. The van der Waals surface area contributed by atoms with Gasteiger partial charge in [-0.3, -0.25) is 9.69 Å². The number of halogens is 2. The lowest BCUT2D eigenvalue weighted by molar-refractivity contribution is -0.138. The molecule has 1 fully saturated rings. The second-order valence-corrected chi connectivity index (χ2v) is 8.36. The van der Waals surface area contributed by atoms with Gasteiger partial charge < -0.3 is 15.0 Å². The molecule has 1 amide bonds. The van der Waals surface area contributed by atoms with E-state index in [-0.39, 0.29) is 11.9 Å². The van der Waals surface area contributed by atoms with Gasteiger partial charge in [-0.15, -0.1) is 0 Å². The summed E-state index contributed by atoms with van der Waals surface area (Å²) in [4.78, 5) is 16.5. The van der Waals surface area contributed by atoms with Crippen molar-refractivity contribution in [3.8, 4) is 11.5 Å². The molecular weight excluding hydrogens is 409 g/mol. The first kappa shape index (κ1) is 21.9. The number of amides is 1. The molecule has 7 heteroatoms. The zero-order valence-corrected chi connectivity index (χ0v) is 18.6. The quantitative estimate of drug-likeness (QED) is 0.692. The Hall–Kier alpha value is -1.79. The van der Waals surface area contributed by atoms with Crippen molar-refractivity contribution in [2.75, 3.05) is 26.7 Å². The molecule has 0 bridgehead atoms. The second-order valence-electron chi connectivity index (χ2n) is 7.54. The highest BCUT2D eigenvalue weighted by atomic mass is 35.5. The van der Waals surface area contributed by atoms with E-state index < -0.39 is 0 Å². The largest absolute Gasteiger partial charge is 0.457 e. The van der Waals surface area contributed by atoms with E-state index in [9.17, 15) is 4.79 Å². The first-order chi connectivity index (χ1) is 13.9. The molecule has 0 spiro atoms. The first-order valence-electron chi connectivity index (χ1n) is 9.78. The Labute approximate surface area is 182 Å². The Bertz CT molecular complexity index is 873. The van der Waals surface area contributed by atoms with E-state index in [4.69, 9.17) is 27.9 Å². The fourth-order valence-electron chi connectivity index (χ4n) is 3.50. The average molecular weight is 436 g/mol. The van der Waals surface area contributed by atoms with Crippen molar-refractivity contribution in [1.82, 2.24) is 15.1 Å². The van der Waals surface area contributed by atoms with Crippen molar-refractivity contribution < 1.29 is 9.53 Å². The molecule has 0 radical (unpaired) electrons. The van der Waals surface area contributed by atoms with Crippen LogP contribution in [0.5, 0.6) is 11.5 Å². The molecule has 156 valence electrons. The van der Waals surface area contributed by atoms with Gasteiger partial charge in [-0.25, -0.2) is 0 Å². The summed E-state index contributed by atoms with van der Waals surface area (Å²) >= 11 is 12.1. The molecular formula is C22H27Cl2N3O2. The molecule has 0 aromatic heterocycles. The van der Waals surface area contributed by atoms with Crippen LogP contribution in [0.3, 0.4) is 0 Å². The lowest BCUT2D eigenvalue weighted by Crippen LogP contribution is -2.52. The molecule has 1 aliphatic heterocycles. The van der Waals surface area contributed by atoms with Crippen LogP contribution in [0.2, 0.25) is 10.0 Å². The number of hydrogen-bond acceptors (Lipinski definition) is 4. The monoisotopic (exact) mass is 435 g/mol. The number of carbonyl (C=O) groups excluding carboxylic acids is 1. The summed E-state index contributed by atoms with van der Waals surface area (Å²) < 4.78 is 6.04. The fourth-order valence-corrected chi connectivity index (χ4v) is 3.79. The van der Waals surface area contributed by atoms with E-state index in [0.717, 1.165) is 36.5 Å². The molecule has 5 nitrogen and oxygen atoms in total. The van der Waals surface area contributed by atoms with Gasteiger partial charge in [0.15, 0.2) is 0 Å². The highest BCUT2D eigenvalue weighted by molar-refractivity contribution is 6.42. The van der Waals surface area contributed by atoms with Crippen LogP contribution in [0.15, 0.2) is 36.4 Å². The summed E-state index contributed by atoms with van der Waals surface area (Å²) in [5.41, 5.74) is 2.20.